The maximum Gasteiger partial charge on any atom is 0.325 e. The van der Waals surface area contributed by atoms with E-state index in [1.165, 1.54) is 28.1 Å². The fourth-order valence-electron chi connectivity index (χ4n) is 3.84. The predicted octanol–water partition coefficient (Wildman–Crippen LogP) is 2.68. The molecular formula is C22H21F2N3O5S2. The minimum atomic E-state index is -3.78. The smallest absolute Gasteiger partial charge is 0.325 e. The number of rotatable bonds is 5. The molecule has 1 fully saturated rings. The number of piperidine rings is 1. The van der Waals surface area contributed by atoms with Gasteiger partial charge in [0, 0.05) is 19.2 Å². The van der Waals surface area contributed by atoms with Crippen LogP contribution in [0.3, 0.4) is 0 Å². The average Bonchev–Trinajstić information content (AvgIpc) is 3.16. The van der Waals surface area contributed by atoms with Gasteiger partial charge in [0.2, 0.25) is 10.0 Å². The van der Waals surface area contributed by atoms with Gasteiger partial charge in [0.05, 0.1) is 28.1 Å². The van der Waals surface area contributed by atoms with Crippen LogP contribution in [0.4, 0.5) is 8.78 Å². The number of halogens is 2. The molecule has 2 heterocycles. The number of benzene rings is 2. The zero-order valence-corrected chi connectivity index (χ0v) is 19.7. The maximum absolute atomic E-state index is 14.5. The van der Waals surface area contributed by atoms with E-state index in [9.17, 15) is 26.8 Å². The SMILES string of the molecule is COC(=O)Cn1c(=NC(=O)C2CCCN(S(=O)(=O)c3ccccc3)C2)sc2cc(F)cc(F)c21. The molecule has 0 radical (unpaired) electrons. The van der Waals surface area contributed by atoms with Gasteiger partial charge in [-0.2, -0.15) is 9.30 Å². The van der Waals surface area contributed by atoms with Crippen LogP contribution in [0.25, 0.3) is 10.2 Å². The van der Waals surface area contributed by atoms with Gasteiger partial charge in [0.15, 0.2) is 10.6 Å². The van der Waals surface area contributed by atoms with Crippen LogP contribution in [0.5, 0.6) is 0 Å². The van der Waals surface area contributed by atoms with Gasteiger partial charge < -0.3 is 9.30 Å². The molecule has 1 aliphatic heterocycles. The number of esters is 1. The molecule has 0 bridgehead atoms. The normalized spacial score (nSPS) is 17.7. The second-order valence-electron chi connectivity index (χ2n) is 7.75. The summed E-state index contributed by atoms with van der Waals surface area (Å²) in [5, 5.41) is 0. The Morgan fingerprint density at radius 3 is 2.65 bits per heavy atom. The van der Waals surface area contributed by atoms with E-state index >= 15 is 0 Å². The first-order valence-electron chi connectivity index (χ1n) is 10.4. The Bertz CT molecular complexity index is 1420. The Labute approximate surface area is 198 Å². The average molecular weight is 510 g/mol. The summed E-state index contributed by atoms with van der Waals surface area (Å²) in [7, 11) is -2.61. The van der Waals surface area contributed by atoms with Crippen molar-refractivity contribution in [2.75, 3.05) is 20.2 Å². The van der Waals surface area contributed by atoms with Gasteiger partial charge >= 0.3 is 5.97 Å². The summed E-state index contributed by atoms with van der Waals surface area (Å²) in [6.45, 7) is -0.203. The molecule has 1 aliphatic rings. The Morgan fingerprint density at radius 1 is 1.21 bits per heavy atom. The Hall–Kier alpha value is -2.96. The highest BCUT2D eigenvalue weighted by atomic mass is 32.2. The number of ether oxygens (including phenoxy) is 1. The number of aromatic nitrogens is 1. The van der Waals surface area contributed by atoms with Crippen LogP contribution in [0.2, 0.25) is 0 Å². The van der Waals surface area contributed by atoms with Crippen molar-refractivity contribution < 1.29 is 31.5 Å². The Kier molecular flexibility index (Phi) is 6.91. The summed E-state index contributed by atoms with van der Waals surface area (Å²) in [4.78, 5) is 29.2. The number of fused-ring (bicyclic) bond motifs is 1. The fraction of sp³-hybridized carbons (Fsp3) is 0.318. The van der Waals surface area contributed by atoms with Crippen molar-refractivity contribution in [1.82, 2.24) is 8.87 Å². The van der Waals surface area contributed by atoms with Crippen molar-refractivity contribution in [1.29, 1.82) is 0 Å². The quantitative estimate of drug-likeness (QED) is 0.493. The number of amides is 1. The van der Waals surface area contributed by atoms with Crippen molar-refractivity contribution in [3.05, 3.63) is 58.9 Å². The third-order valence-corrected chi connectivity index (χ3v) is 8.44. The summed E-state index contributed by atoms with van der Waals surface area (Å²) in [5.74, 6) is -3.72. The molecule has 0 saturated carbocycles. The van der Waals surface area contributed by atoms with Crippen molar-refractivity contribution in [2.45, 2.75) is 24.3 Å². The first-order chi connectivity index (χ1) is 16.2. The maximum atomic E-state index is 14.5. The summed E-state index contributed by atoms with van der Waals surface area (Å²) < 4.78 is 61.4. The molecule has 180 valence electrons. The molecule has 12 heteroatoms. The number of sulfonamides is 1. The minimum absolute atomic E-state index is 0.00191. The van der Waals surface area contributed by atoms with E-state index in [1.807, 2.05) is 0 Å². The molecular weight excluding hydrogens is 488 g/mol. The lowest BCUT2D eigenvalue weighted by atomic mass is 9.99. The summed E-state index contributed by atoms with van der Waals surface area (Å²) in [6, 6.07) is 9.72. The molecule has 0 N–H and O–H groups in total. The molecule has 8 nitrogen and oxygen atoms in total. The van der Waals surface area contributed by atoms with Crippen LogP contribution in [-0.4, -0.2) is 49.4 Å². The number of hydrogen-bond donors (Lipinski definition) is 0. The highest BCUT2D eigenvalue weighted by molar-refractivity contribution is 7.89. The van der Waals surface area contributed by atoms with Gasteiger partial charge in [0.25, 0.3) is 5.91 Å². The molecule has 34 heavy (non-hydrogen) atoms. The molecule has 4 rings (SSSR count). The van der Waals surface area contributed by atoms with Crippen LogP contribution < -0.4 is 4.80 Å². The lowest BCUT2D eigenvalue weighted by Gasteiger charge is -2.30. The van der Waals surface area contributed by atoms with Crippen molar-refractivity contribution in [3.8, 4) is 0 Å². The number of carbonyl (C=O) groups is 2. The second-order valence-corrected chi connectivity index (χ2v) is 10.7. The fourth-order valence-corrected chi connectivity index (χ4v) is 6.46. The Balaban J connectivity index is 1.68. The lowest BCUT2D eigenvalue weighted by Crippen LogP contribution is -2.42. The van der Waals surface area contributed by atoms with E-state index in [1.54, 1.807) is 18.2 Å². The number of hydrogen-bond acceptors (Lipinski definition) is 6. The van der Waals surface area contributed by atoms with E-state index in [0.29, 0.717) is 18.9 Å². The van der Waals surface area contributed by atoms with E-state index in [4.69, 9.17) is 0 Å². The van der Waals surface area contributed by atoms with Gasteiger partial charge in [-0.05, 0) is 31.0 Å². The molecule has 2 aromatic carbocycles. The highest BCUT2D eigenvalue weighted by Gasteiger charge is 2.33. The second kappa shape index (κ2) is 9.72. The lowest BCUT2D eigenvalue weighted by molar-refractivity contribution is -0.141. The van der Waals surface area contributed by atoms with E-state index in [0.717, 1.165) is 17.4 Å². The third-order valence-electron chi connectivity index (χ3n) is 5.53. The first-order valence-corrected chi connectivity index (χ1v) is 12.7. The van der Waals surface area contributed by atoms with Crippen LogP contribution in [-0.2, 0) is 30.9 Å². The van der Waals surface area contributed by atoms with Crippen LogP contribution in [0.1, 0.15) is 12.8 Å². The van der Waals surface area contributed by atoms with Crippen molar-refractivity contribution in [2.24, 2.45) is 10.9 Å². The van der Waals surface area contributed by atoms with E-state index in [-0.39, 0.29) is 33.0 Å². The molecule has 0 spiro atoms. The molecule has 1 atom stereocenters. The van der Waals surface area contributed by atoms with Crippen molar-refractivity contribution in [3.63, 3.8) is 0 Å². The van der Waals surface area contributed by atoms with Crippen LogP contribution in [0, 0.1) is 17.6 Å². The van der Waals surface area contributed by atoms with Gasteiger partial charge in [0.1, 0.15) is 12.4 Å². The number of nitrogens with zero attached hydrogens (tertiary/aromatic N) is 3. The van der Waals surface area contributed by atoms with Crippen LogP contribution in [0.15, 0.2) is 52.4 Å². The Morgan fingerprint density at radius 2 is 1.94 bits per heavy atom. The highest BCUT2D eigenvalue weighted by Crippen LogP contribution is 2.25. The number of thiazole rings is 1. The van der Waals surface area contributed by atoms with E-state index < -0.39 is 46.0 Å². The number of methoxy groups -OCH3 is 1. The topological polar surface area (TPSA) is 98.0 Å². The van der Waals surface area contributed by atoms with Gasteiger partial charge in [-0.1, -0.05) is 29.5 Å². The largest absolute Gasteiger partial charge is 0.468 e. The van der Waals surface area contributed by atoms with Gasteiger partial charge in [-0.15, -0.1) is 0 Å². The zero-order chi connectivity index (χ0) is 24.5. The van der Waals surface area contributed by atoms with Gasteiger partial charge in [-0.25, -0.2) is 17.2 Å². The predicted molar refractivity (Wildman–Crippen MR) is 120 cm³/mol. The monoisotopic (exact) mass is 509 g/mol. The third kappa shape index (κ3) is 4.79. The molecule has 1 aromatic heterocycles. The standard InChI is InChI=1S/C22H21F2N3O5S2/c1-32-19(28)13-27-20-17(24)10-15(23)11-18(20)33-22(27)25-21(29)14-6-5-9-26(12-14)34(30,31)16-7-3-2-4-8-16/h2-4,7-8,10-11,14H,5-6,9,12-13H2,1H3. The first kappa shape index (κ1) is 24.2. The van der Waals surface area contributed by atoms with Crippen LogP contribution >= 0.6 is 11.3 Å². The summed E-state index contributed by atoms with van der Waals surface area (Å²) in [5.41, 5.74) is -0.0692. The summed E-state index contributed by atoms with van der Waals surface area (Å²) >= 11 is 0.856. The number of carbonyl (C=O) groups excluding carboxylic acids is 2. The van der Waals surface area contributed by atoms with Crippen molar-refractivity contribution >= 4 is 43.5 Å². The molecule has 1 saturated heterocycles. The van der Waals surface area contributed by atoms with Gasteiger partial charge in [-0.3, -0.25) is 9.59 Å². The molecule has 1 amide bonds. The molecule has 3 aromatic rings. The minimum Gasteiger partial charge on any atom is -0.468 e. The molecule has 1 unspecified atom stereocenters. The molecule has 0 aliphatic carbocycles. The van der Waals surface area contributed by atoms with E-state index in [2.05, 4.69) is 9.73 Å². The summed E-state index contributed by atoms with van der Waals surface area (Å²) in [6.07, 6.45) is 0.889. The zero-order valence-electron chi connectivity index (χ0n) is 18.1.